The smallest absolute Gasteiger partial charge is 0.242 e. The number of hydrogen-bond donors (Lipinski definition) is 3. The lowest BCUT2D eigenvalue weighted by atomic mass is 10.7. The van der Waals surface area contributed by atoms with Crippen molar-refractivity contribution in [3.63, 3.8) is 0 Å². The summed E-state index contributed by atoms with van der Waals surface area (Å²) >= 11 is 0. The maximum absolute atomic E-state index is 8.38. The predicted octanol–water partition coefficient (Wildman–Crippen LogP) is -0.626. The first-order chi connectivity index (χ1) is 3.12. The van der Waals surface area contributed by atoms with Crippen LogP contribution in [-0.2, 0) is 0 Å². The first-order valence-electron chi connectivity index (χ1n) is 2.06. The minimum atomic E-state index is -1.31. The van der Waals surface area contributed by atoms with Crippen LogP contribution < -0.4 is 0 Å². The van der Waals surface area contributed by atoms with Crippen LogP contribution in [0.15, 0.2) is 0 Å². The second kappa shape index (κ2) is 3.76. The lowest BCUT2D eigenvalue weighted by Gasteiger charge is -2.14. The van der Waals surface area contributed by atoms with Gasteiger partial charge in [0.1, 0.15) is 6.54 Å². The summed E-state index contributed by atoms with van der Waals surface area (Å²) in [6.07, 6.45) is 0. The number of hydroxylamine groups is 4. The Morgan fingerprint density at radius 2 is 1.75 bits per heavy atom. The van der Waals surface area contributed by atoms with E-state index in [-0.39, 0.29) is 12.0 Å². The first kappa shape index (κ1) is 10.7. The molecule has 0 unspecified atom stereocenters. The highest BCUT2D eigenvalue weighted by atomic mass is 16.9. The van der Waals surface area contributed by atoms with Crippen LogP contribution in [0.25, 0.3) is 0 Å². The maximum atomic E-state index is 8.38. The first-order valence-corrected chi connectivity index (χ1v) is 2.06. The lowest BCUT2D eigenvalue weighted by Crippen LogP contribution is -2.41. The zero-order valence-corrected chi connectivity index (χ0v) is 4.65. The van der Waals surface area contributed by atoms with Gasteiger partial charge in [-0.2, -0.15) is 10.4 Å². The van der Waals surface area contributed by atoms with Crippen LogP contribution in [0.3, 0.4) is 0 Å². The number of nitrogens with zero attached hydrogens (tertiary/aromatic N) is 1. The van der Waals surface area contributed by atoms with Gasteiger partial charge in [0.15, 0.2) is 0 Å². The Balaban J connectivity index is 0. The Morgan fingerprint density at radius 3 is 1.75 bits per heavy atom. The van der Waals surface area contributed by atoms with Crippen LogP contribution in [0.1, 0.15) is 6.92 Å². The Labute approximate surface area is 47.2 Å². The molecule has 0 radical (unpaired) electrons. The molecule has 0 spiro atoms. The Morgan fingerprint density at radius 1 is 1.38 bits per heavy atom. The van der Waals surface area contributed by atoms with Crippen LogP contribution in [0.5, 0.6) is 0 Å². The molecule has 0 saturated carbocycles. The van der Waals surface area contributed by atoms with Gasteiger partial charge in [-0.1, -0.05) is 0 Å². The SMILES string of the molecule is CC[N+](O)(O)CO.[OH-]. The highest BCUT2D eigenvalue weighted by molar-refractivity contribution is 3.96. The summed E-state index contributed by atoms with van der Waals surface area (Å²) in [6.45, 7) is 0.989. The molecule has 0 rings (SSSR count). The minimum Gasteiger partial charge on any atom is -0.870 e. The molecular weight excluding hydrogens is 114 g/mol. The fourth-order valence-electron chi connectivity index (χ4n) is 0.1000. The van der Waals surface area contributed by atoms with Crippen LogP contribution in [-0.4, -0.2) is 39.1 Å². The molecule has 0 aliphatic rings. The molecule has 0 aromatic carbocycles. The van der Waals surface area contributed by atoms with Crippen molar-refractivity contribution >= 4 is 0 Å². The van der Waals surface area contributed by atoms with Gasteiger partial charge in [-0.05, 0) is 11.7 Å². The van der Waals surface area contributed by atoms with E-state index in [1.54, 1.807) is 6.92 Å². The summed E-state index contributed by atoms with van der Waals surface area (Å²) in [5.74, 6) is 0. The molecule has 0 atom stereocenters. The molecule has 5 heteroatoms. The maximum Gasteiger partial charge on any atom is 0.242 e. The summed E-state index contributed by atoms with van der Waals surface area (Å²) in [5, 5.41) is 24.8. The molecule has 0 amide bonds. The fraction of sp³-hybridized carbons (Fsp3) is 1.00. The lowest BCUT2D eigenvalue weighted by molar-refractivity contribution is -1.25. The van der Waals surface area contributed by atoms with E-state index in [1.165, 1.54) is 0 Å². The summed E-state index contributed by atoms with van der Waals surface area (Å²) < 4.78 is 0. The van der Waals surface area contributed by atoms with E-state index >= 15 is 0 Å². The van der Waals surface area contributed by atoms with Gasteiger partial charge in [-0.3, -0.25) is 0 Å². The van der Waals surface area contributed by atoms with E-state index in [2.05, 4.69) is 0 Å². The largest absolute Gasteiger partial charge is 0.870 e. The van der Waals surface area contributed by atoms with Gasteiger partial charge in [-0.25, -0.2) is 0 Å². The molecule has 0 bridgehead atoms. The predicted molar refractivity (Wildman–Crippen MR) is 23.4 cm³/mol. The van der Waals surface area contributed by atoms with E-state index in [0.717, 1.165) is 0 Å². The van der Waals surface area contributed by atoms with Crippen molar-refractivity contribution < 1.29 is 25.8 Å². The Kier molecular flexibility index (Phi) is 5.04. The van der Waals surface area contributed by atoms with Gasteiger partial charge in [0.25, 0.3) is 0 Å². The van der Waals surface area contributed by atoms with Crippen molar-refractivity contribution in [2.75, 3.05) is 13.3 Å². The van der Waals surface area contributed by atoms with Crippen molar-refractivity contribution in [1.82, 2.24) is 0 Å². The van der Waals surface area contributed by atoms with Crippen LogP contribution >= 0.6 is 0 Å². The molecule has 52 valence electrons. The van der Waals surface area contributed by atoms with Crippen LogP contribution in [0, 0.1) is 0 Å². The second-order valence-corrected chi connectivity index (χ2v) is 1.34. The van der Waals surface area contributed by atoms with Crippen molar-refractivity contribution in [3.8, 4) is 0 Å². The molecule has 0 saturated heterocycles. The van der Waals surface area contributed by atoms with Gasteiger partial charge in [0, 0.05) is 0 Å². The van der Waals surface area contributed by atoms with Gasteiger partial charge in [0.05, 0.1) is 0 Å². The van der Waals surface area contributed by atoms with Crippen molar-refractivity contribution in [3.05, 3.63) is 0 Å². The third-order valence-corrected chi connectivity index (χ3v) is 0.733. The van der Waals surface area contributed by atoms with E-state index in [9.17, 15) is 0 Å². The normalized spacial score (nSPS) is 10.5. The molecule has 0 fully saturated rings. The minimum absolute atomic E-state index is 0. The third-order valence-electron chi connectivity index (χ3n) is 0.733. The monoisotopic (exact) mass is 125 g/mol. The highest BCUT2D eigenvalue weighted by Gasteiger charge is 2.15. The number of hydrogen-bond acceptors (Lipinski definition) is 4. The molecule has 0 aliphatic heterocycles. The van der Waals surface area contributed by atoms with Crippen LogP contribution in [0.4, 0.5) is 0 Å². The van der Waals surface area contributed by atoms with E-state index in [4.69, 9.17) is 15.5 Å². The Hall–Kier alpha value is -0.200. The quantitative estimate of drug-likeness (QED) is 0.260. The van der Waals surface area contributed by atoms with Crippen LogP contribution in [0.2, 0.25) is 0 Å². The molecule has 0 heterocycles. The molecular formula is C3H11NO4. The zero-order chi connectivity index (χ0) is 5.91. The van der Waals surface area contributed by atoms with Crippen molar-refractivity contribution in [1.29, 1.82) is 0 Å². The van der Waals surface area contributed by atoms with Gasteiger partial charge >= 0.3 is 0 Å². The average molecular weight is 125 g/mol. The molecule has 5 nitrogen and oxygen atoms in total. The molecule has 0 aliphatic carbocycles. The number of aliphatic hydroxyl groups is 1. The standard InChI is InChI=1S/C3H10NO3.H2O/c1-2-4(6,7)3-5;/h5-7H,2-3H2,1H3;1H2/q+1;/p-1. The van der Waals surface area contributed by atoms with E-state index in [1.807, 2.05) is 0 Å². The third kappa shape index (κ3) is 3.97. The van der Waals surface area contributed by atoms with Gasteiger partial charge in [0.2, 0.25) is 6.73 Å². The van der Waals surface area contributed by atoms with E-state index in [0.29, 0.717) is 0 Å². The summed E-state index contributed by atoms with van der Waals surface area (Å²) in [6, 6.07) is 0. The molecule has 0 aromatic rings. The number of aliphatic hydroxyl groups excluding tert-OH is 1. The Bertz CT molecular complexity index is 49.2. The summed E-state index contributed by atoms with van der Waals surface area (Å²) in [4.78, 5) is -1.31. The van der Waals surface area contributed by atoms with Crippen molar-refractivity contribution in [2.45, 2.75) is 6.92 Å². The van der Waals surface area contributed by atoms with Gasteiger partial charge in [-0.15, -0.1) is 0 Å². The molecule has 8 heavy (non-hydrogen) atoms. The zero-order valence-electron chi connectivity index (χ0n) is 4.65. The summed E-state index contributed by atoms with van der Waals surface area (Å²) in [7, 11) is 0. The van der Waals surface area contributed by atoms with Crippen molar-refractivity contribution in [2.24, 2.45) is 0 Å². The van der Waals surface area contributed by atoms with Gasteiger partial charge < -0.3 is 10.6 Å². The topological polar surface area (TPSA) is 90.7 Å². The number of rotatable bonds is 2. The second-order valence-electron chi connectivity index (χ2n) is 1.34. The molecule has 0 aromatic heterocycles. The van der Waals surface area contributed by atoms with E-state index < -0.39 is 11.5 Å². The molecule has 4 N–H and O–H groups in total. The summed E-state index contributed by atoms with van der Waals surface area (Å²) in [5.41, 5.74) is 0. The highest BCUT2D eigenvalue weighted by Crippen LogP contribution is 1.88. The average Bonchev–Trinajstić information content (AvgIpc) is 1.68. The fourth-order valence-corrected chi connectivity index (χ4v) is 0.1000. The number of quaternary nitrogens is 1.